The van der Waals surface area contributed by atoms with Crippen molar-refractivity contribution < 1.29 is 0 Å². The van der Waals surface area contributed by atoms with Crippen LogP contribution in [0.25, 0.3) is 0 Å². The minimum atomic E-state index is 0.618. The molecule has 14 heavy (non-hydrogen) atoms. The van der Waals surface area contributed by atoms with E-state index in [2.05, 4.69) is 57.1 Å². The molecular weight excluding hydrogens is 172 g/mol. The van der Waals surface area contributed by atoms with Gasteiger partial charge in [-0.25, -0.2) is 0 Å². The summed E-state index contributed by atoms with van der Waals surface area (Å²) < 4.78 is 0. The number of likely N-dealkylation sites (N-methyl/N-ethyl adjacent to an activating group) is 2. The molecule has 1 unspecified atom stereocenters. The molecule has 1 aliphatic carbocycles. The smallest absolute Gasteiger partial charge is 0.0227 e. The van der Waals surface area contributed by atoms with Gasteiger partial charge in [-0.05, 0) is 45.3 Å². The molecule has 0 radical (unpaired) electrons. The summed E-state index contributed by atoms with van der Waals surface area (Å²) in [7, 11) is 8.50. The van der Waals surface area contributed by atoms with E-state index in [4.69, 9.17) is 0 Å². The molecule has 0 aromatic rings. The van der Waals surface area contributed by atoms with Gasteiger partial charge in [-0.3, -0.25) is 0 Å². The monoisotopic (exact) mass is 194 g/mol. The van der Waals surface area contributed by atoms with Gasteiger partial charge in [0.05, 0.1) is 0 Å². The van der Waals surface area contributed by atoms with Crippen LogP contribution >= 0.6 is 0 Å². The number of hydrogen-bond acceptors (Lipinski definition) is 2. The van der Waals surface area contributed by atoms with Crippen molar-refractivity contribution in [1.29, 1.82) is 0 Å². The number of allylic oxidation sites excluding steroid dienone is 1. The molecule has 1 rings (SSSR count). The van der Waals surface area contributed by atoms with Gasteiger partial charge in [-0.2, -0.15) is 0 Å². The molecule has 80 valence electrons. The van der Waals surface area contributed by atoms with Crippen molar-refractivity contribution in [3.63, 3.8) is 0 Å². The molecule has 0 fully saturated rings. The Labute approximate surface area is 87.9 Å². The van der Waals surface area contributed by atoms with Gasteiger partial charge in [0, 0.05) is 13.1 Å². The van der Waals surface area contributed by atoms with Crippen LogP contribution in [-0.4, -0.2) is 51.1 Å². The van der Waals surface area contributed by atoms with Gasteiger partial charge in [0.15, 0.2) is 0 Å². The summed E-state index contributed by atoms with van der Waals surface area (Å²) >= 11 is 0. The standard InChI is InChI=1S/C12H22N2/c1-10-6-7-11(8-13(2)3)12(10)9-14(4)5/h6-7,10H,8-9H2,1-5H3. The third kappa shape index (κ3) is 2.96. The molecule has 0 amide bonds. The third-order valence-electron chi connectivity index (χ3n) is 2.52. The number of nitrogens with zero attached hydrogens (tertiary/aromatic N) is 2. The summed E-state index contributed by atoms with van der Waals surface area (Å²) in [5.74, 6) is 0.618. The fourth-order valence-corrected chi connectivity index (χ4v) is 1.86. The predicted octanol–water partition coefficient (Wildman–Crippen LogP) is 1.61. The Balaban J connectivity index is 2.73. The molecule has 0 bridgehead atoms. The van der Waals surface area contributed by atoms with E-state index >= 15 is 0 Å². The molecule has 0 aliphatic heterocycles. The maximum Gasteiger partial charge on any atom is 0.0227 e. The van der Waals surface area contributed by atoms with Gasteiger partial charge in [0.2, 0.25) is 0 Å². The molecule has 0 saturated carbocycles. The average Bonchev–Trinajstić information content (AvgIpc) is 2.34. The molecule has 1 atom stereocenters. The highest BCUT2D eigenvalue weighted by atomic mass is 15.1. The van der Waals surface area contributed by atoms with Crippen LogP contribution in [0.4, 0.5) is 0 Å². The molecule has 0 aromatic heterocycles. The zero-order chi connectivity index (χ0) is 10.7. The van der Waals surface area contributed by atoms with Crippen molar-refractivity contribution in [1.82, 2.24) is 9.80 Å². The molecule has 0 spiro atoms. The second kappa shape index (κ2) is 4.76. The lowest BCUT2D eigenvalue weighted by Gasteiger charge is -2.18. The first kappa shape index (κ1) is 11.5. The first-order chi connectivity index (χ1) is 6.50. The largest absolute Gasteiger partial charge is 0.305 e. The third-order valence-corrected chi connectivity index (χ3v) is 2.52. The lowest BCUT2D eigenvalue weighted by atomic mass is 10.0. The average molecular weight is 194 g/mol. The molecule has 0 aromatic carbocycles. The Morgan fingerprint density at radius 2 is 1.64 bits per heavy atom. The normalized spacial score (nSPS) is 21.8. The first-order valence-corrected chi connectivity index (χ1v) is 5.20. The topological polar surface area (TPSA) is 6.48 Å². The summed E-state index contributed by atoms with van der Waals surface area (Å²) in [6.07, 6.45) is 4.58. The van der Waals surface area contributed by atoms with Crippen molar-refractivity contribution in [2.75, 3.05) is 41.3 Å². The van der Waals surface area contributed by atoms with Crippen LogP contribution in [0.3, 0.4) is 0 Å². The van der Waals surface area contributed by atoms with Gasteiger partial charge >= 0.3 is 0 Å². The van der Waals surface area contributed by atoms with Crippen LogP contribution in [0.15, 0.2) is 23.3 Å². The quantitative estimate of drug-likeness (QED) is 0.671. The van der Waals surface area contributed by atoms with Gasteiger partial charge in [0.1, 0.15) is 0 Å². The van der Waals surface area contributed by atoms with Crippen LogP contribution in [0.2, 0.25) is 0 Å². The first-order valence-electron chi connectivity index (χ1n) is 5.20. The van der Waals surface area contributed by atoms with Crippen LogP contribution < -0.4 is 0 Å². The number of hydrogen-bond donors (Lipinski definition) is 0. The van der Waals surface area contributed by atoms with Crippen LogP contribution in [0, 0.1) is 5.92 Å². The molecule has 2 nitrogen and oxygen atoms in total. The van der Waals surface area contributed by atoms with Gasteiger partial charge < -0.3 is 9.80 Å². The summed E-state index contributed by atoms with van der Waals surface area (Å²) in [6.45, 7) is 4.42. The highest BCUT2D eigenvalue weighted by Crippen LogP contribution is 2.25. The van der Waals surface area contributed by atoms with E-state index < -0.39 is 0 Å². The Kier molecular flexibility index (Phi) is 3.90. The molecule has 0 heterocycles. The van der Waals surface area contributed by atoms with Crippen molar-refractivity contribution in [3.8, 4) is 0 Å². The molecule has 0 N–H and O–H groups in total. The molecule has 0 saturated heterocycles. The molecule has 2 heteroatoms. The fraction of sp³-hybridized carbons (Fsp3) is 0.667. The van der Waals surface area contributed by atoms with E-state index in [0.29, 0.717) is 5.92 Å². The van der Waals surface area contributed by atoms with Crippen molar-refractivity contribution >= 4 is 0 Å². The van der Waals surface area contributed by atoms with Gasteiger partial charge in [0.25, 0.3) is 0 Å². The van der Waals surface area contributed by atoms with Gasteiger partial charge in [-0.15, -0.1) is 0 Å². The maximum atomic E-state index is 2.30. The zero-order valence-corrected chi connectivity index (χ0v) is 10.0. The van der Waals surface area contributed by atoms with E-state index in [1.165, 1.54) is 5.57 Å². The highest BCUT2D eigenvalue weighted by Gasteiger charge is 2.17. The van der Waals surface area contributed by atoms with Crippen LogP contribution in [0.1, 0.15) is 6.92 Å². The van der Waals surface area contributed by atoms with E-state index in [0.717, 1.165) is 13.1 Å². The molecule has 1 aliphatic rings. The summed E-state index contributed by atoms with van der Waals surface area (Å²) in [6, 6.07) is 0. The van der Waals surface area contributed by atoms with E-state index in [1.54, 1.807) is 5.57 Å². The van der Waals surface area contributed by atoms with Crippen molar-refractivity contribution in [2.45, 2.75) is 6.92 Å². The maximum absolute atomic E-state index is 2.30. The Hall–Kier alpha value is -0.600. The minimum absolute atomic E-state index is 0.618. The lowest BCUT2D eigenvalue weighted by Crippen LogP contribution is -2.21. The van der Waals surface area contributed by atoms with Gasteiger partial charge in [-0.1, -0.05) is 19.1 Å². The van der Waals surface area contributed by atoms with Crippen molar-refractivity contribution in [2.24, 2.45) is 5.92 Å². The summed E-state index contributed by atoms with van der Waals surface area (Å²) in [5, 5.41) is 0. The van der Waals surface area contributed by atoms with E-state index in [9.17, 15) is 0 Å². The van der Waals surface area contributed by atoms with Crippen molar-refractivity contribution in [3.05, 3.63) is 23.3 Å². The number of rotatable bonds is 4. The summed E-state index contributed by atoms with van der Waals surface area (Å²) in [4.78, 5) is 4.47. The highest BCUT2D eigenvalue weighted by molar-refractivity contribution is 5.38. The Bertz CT molecular complexity index is 249. The Morgan fingerprint density at radius 3 is 2.14 bits per heavy atom. The fourth-order valence-electron chi connectivity index (χ4n) is 1.86. The van der Waals surface area contributed by atoms with E-state index in [1.807, 2.05) is 0 Å². The van der Waals surface area contributed by atoms with Crippen LogP contribution in [-0.2, 0) is 0 Å². The SMILES string of the molecule is CC1C=CC(CN(C)C)=C1CN(C)C. The van der Waals surface area contributed by atoms with Crippen LogP contribution in [0.5, 0.6) is 0 Å². The summed E-state index contributed by atoms with van der Waals surface area (Å²) in [5.41, 5.74) is 3.07. The zero-order valence-electron chi connectivity index (χ0n) is 10.0. The lowest BCUT2D eigenvalue weighted by molar-refractivity contribution is 0.421. The van der Waals surface area contributed by atoms with E-state index in [-0.39, 0.29) is 0 Å². The predicted molar refractivity (Wildman–Crippen MR) is 62.4 cm³/mol. The Morgan fingerprint density at radius 1 is 1.07 bits per heavy atom. The second-order valence-corrected chi connectivity index (χ2v) is 4.67. The minimum Gasteiger partial charge on any atom is -0.305 e. The second-order valence-electron chi connectivity index (χ2n) is 4.67. The molecular formula is C12H22N2.